The van der Waals surface area contributed by atoms with Crippen molar-refractivity contribution < 1.29 is 19.1 Å². The van der Waals surface area contributed by atoms with Crippen LogP contribution in [0.15, 0.2) is 47.1 Å². The van der Waals surface area contributed by atoms with Gasteiger partial charge in [0.1, 0.15) is 5.75 Å². The lowest BCUT2D eigenvalue weighted by atomic mass is 10.1. The number of rotatable bonds is 5. The van der Waals surface area contributed by atoms with E-state index >= 15 is 0 Å². The Balaban J connectivity index is 1.66. The fraction of sp³-hybridized carbons (Fsp3) is 0.250. The first kappa shape index (κ1) is 17.8. The number of carbonyl (C=O) groups is 2. The normalized spacial score (nSPS) is 13.3. The Morgan fingerprint density at radius 1 is 1.29 bits per heavy atom. The molecule has 0 radical (unpaired) electrons. The monoisotopic (exact) mass is 380 g/mol. The van der Waals surface area contributed by atoms with Crippen molar-refractivity contribution in [2.24, 2.45) is 0 Å². The van der Waals surface area contributed by atoms with E-state index in [1.165, 1.54) is 17.0 Å². The molecule has 8 heteroatoms. The van der Waals surface area contributed by atoms with Crippen LogP contribution in [0.5, 0.6) is 5.75 Å². The summed E-state index contributed by atoms with van der Waals surface area (Å²) in [4.78, 5) is 24.5. The van der Waals surface area contributed by atoms with Crippen molar-refractivity contribution >= 4 is 17.6 Å². The second-order valence-electron chi connectivity index (χ2n) is 6.64. The van der Waals surface area contributed by atoms with Crippen LogP contribution in [-0.4, -0.2) is 33.4 Å². The minimum absolute atomic E-state index is 0.0129. The molecule has 0 unspecified atom stereocenters. The van der Waals surface area contributed by atoms with E-state index < -0.39 is 5.91 Å². The highest BCUT2D eigenvalue weighted by Gasteiger charge is 2.30. The summed E-state index contributed by atoms with van der Waals surface area (Å²) >= 11 is 0. The summed E-state index contributed by atoms with van der Waals surface area (Å²) in [6, 6.07) is 9.41. The number of carbonyl (C=O) groups excluding carboxylic acids is 2. The largest absolute Gasteiger partial charge is 0.507 e. The molecule has 3 aromatic rings. The third kappa shape index (κ3) is 3.48. The molecule has 2 heterocycles. The molecule has 8 nitrogen and oxygen atoms in total. The molecule has 0 aliphatic heterocycles. The van der Waals surface area contributed by atoms with Gasteiger partial charge in [0, 0.05) is 23.7 Å². The predicted octanol–water partition coefficient (Wildman–Crippen LogP) is 3.56. The summed E-state index contributed by atoms with van der Waals surface area (Å²) < 4.78 is 6.45. The van der Waals surface area contributed by atoms with Crippen molar-refractivity contribution in [1.82, 2.24) is 15.1 Å². The number of nitrogens with one attached hydrogen (secondary N) is 2. The number of hydrogen-bond donors (Lipinski definition) is 3. The number of aromatic hydroxyl groups is 1. The van der Waals surface area contributed by atoms with Crippen molar-refractivity contribution in [3.8, 4) is 17.0 Å². The molecule has 0 spiro atoms. The van der Waals surface area contributed by atoms with Crippen molar-refractivity contribution in [3.63, 3.8) is 0 Å². The van der Waals surface area contributed by atoms with Gasteiger partial charge >= 0.3 is 6.03 Å². The third-order valence-corrected chi connectivity index (χ3v) is 4.53. The van der Waals surface area contributed by atoms with Crippen molar-refractivity contribution in [1.29, 1.82) is 0 Å². The molecule has 1 aliphatic carbocycles. The Kier molecular flexibility index (Phi) is 4.60. The zero-order chi connectivity index (χ0) is 19.7. The molecule has 2 aromatic heterocycles. The lowest BCUT2D eigenvalue weighted by Crippen LogP contribution is -2.30. The topological polar surface area (TPSA) is 109 Å². The first-order valence-electron chi connectivity index (χ1n) is 9.13. The number of aromatic nitrogens is 2. The van der Waals surface area contributed by atoms with Gasteiger partial charge in [-0.05, 0) is 56.2 Å². The molecule has 2 amide bonds. The quantitative estimate of drug-likeness (QED) is 0.587. The summed E-state index contributed by atoms with van der Waals surface area (Å²) in [5, 5.41) is 20.2. The fourth-order valence-electron chi connectivity index (χ4n) is 3.01. The minimum atomic E-state index is -0.395. The average molecular weight is 380 g/mol. The van der Waals surface area contributed by atoms with Crippen LogP contribution in [0.1, 0.15) is 41.9 Å². The molecular formula is C20H20N4O4. The molecule has 0 atom stereocenters. The number of hydrogen-bond acceptors (Lipinski definition) is 5. The summed E-state index contributed by atoms with van der Waals surface area (Å²) in [5.41, 5.74) is 2.21. The Labute approximate surface area is 161 Å². The molecule has 144 valence electrons. The first-order valence-corrected chi connectivity index (χ1v) is 9.13. The van der Waals surface area contributed by atoms with Gasteiger partial charge in [-0.15, -0.1) is 0 Å². The van der Waals surface area contributed by atoms with Crippen LogP contribution in [0, 0.1) is 0 Å². The number of furan rings is 1. The van der Waals surface area contributed by atoms with Gasteiger partial charge in [-0.1, -0.05) is 0 Å². The second-order valence-corrected chi connectivity index (χ2v) is 6.64. The Bertz CT molecular complexity index is 1020. The van der Waals surface area contributed by atoms with Crippen molar-refractivity contribution in [2.45, 2.75) is 25.7 Å². The lowest BCUT2D eigenvalue weighted by Gasteiger charge is -2.07. The molecule has 1 saturated carbocycles. The Hall–Kier alpha value is -3.55. The van der Waals surface area contributed by atoms with Gasteiger partial charge in [-0.25, -0.2) is 4.79 Å². The summed E-state index contributed by atoms with van der Waals surface area (Å²) in [7, 11) is 0. The van der Waals surface area contributed by atoms with E-state index in [9.17, 15) is 14.7 Å². The molecule has 0 saturated heterocycles. The number of nitrogens with zero attached hydrogens (tertiary/aromatic N) is 2. The standard InChI is InChI=1S/C20H20N4O4/c1-2-21-20(27)24-16(12-5-6-12)11-15(23-24)14-10-13(7-8-17(14)25)22-19(26)18-4-3-9-28-18/h3-4,7-12,25H,2,5-6H2,1H3,(H,21,27)(H,22,26). The third-order valence-electron chi connectivity index (χ3n) is 4.53. The van der Waals surface area contributed by atoms with E-state index in [1.807, 2.05) is 13.0 Å². The highest BCUT2D eigenvalue weighted by atomic mass is 16.3. The van der Waals surface area contributed by atoms with E-state index in [-0.39, 0.29) is 17.5 Å². The zero-order valence-electron chi connectivity index (χ0n) is 15.3. The van der Waals surface area contributed by atoms with Gasteiger partial charge < -0.3 is 20.2 Å². The van der Waals surface area contributed by atoms with E-state index in [4.69, 9.17) is 4.42 Å². The molecule has 1 aromatic carbocycles. The molecule has 28 heavy (non-hydrogen) atoms. The van der Waals surface area contributed by atoms with Gasteiger partial charge in [0.2, 0.25) is 0 Å². The minimum Gasteiger partial charge on any atom is -0.507 e. The van der Waals surface area contributed by atoms with E-state index in [2.05, 4.69) is 15.7 Å². The zero-order valence-corrected chi connectivity index (χ0v) is 15.3. The van der Waals surface area contributed by atoms with Gasteiger partial charge in [0.05, 0.1) is 17.7 Å². The summed E-state index contributed by atoms with van der Waals surface area (Å²) in [5.74, 6) is 0.103. The average Bonchev–Trinajstić information content (AvgIpc) is 3.20. The molecular weight excluding hydrogens is 360 g/mol. The molecule has 0 bridgehead atoms. The first-order chi connectivity index (χ1) is 13.6. The summed E-state index contributed by atoms with van der Waals surface area (Å²) in [6.45, 7) is 2.34. The number of phenolic OH excluding ortho intramolecular Hbond substituents is 1. The molecule has 1 aliphatic rings. The van der Waals surface area contributed by atoms with Crippen molar-refractivity contribution in [3.05, 3.63) is 54.1 Å². The Morgan fingerprint density at radius 3 is 2.79 bits per heavy atom. The fourth-order valence-corrected chi connectivity index (χ4v) is 3.01. The van der Waals surface area contributed by atoms with Crippen LogP contribution < -0.4 is 10.6 Å². The lowest BCUT2D eigenvalue weighted by molar-refractivity contribution is 0.0996. The highest BCUT2D eigenvalue weighted by Crippen LogP contribution is 2.42. The Morgan fingerprint density at radius 2 is 2.11 bits per heavy atom. The van der Waals surface area contributed by atoms with Gasteiger partial charge in [-0.2, -0.15) is 9.78 Å². The molecule has 3 N–H and O–H groups in total. The van der Waals surface area contributed by atoms with E-state index in [1.54, 1.807) is 24.3 Å². The number of benzene rings is 1. The number of amides is 2. The maximum absolute atomic E-state index is 12.3. The van der Waals surface area contributed by atoms with Crippen molar-refractivity contribution in [2.75, 3.05) is 11.9 Å². The van der Waals surface area contributed by atoms with E-state index in [0.717, 1.165) is 18.5 Å². The van der Waals surface area contributed by atoms with Crippen LogP contribution in [0.3, 0.4) is 0 Å². The van der Waals surface area contributed by atoms with Crippen LogP contribution in [0.25, 0.3) is 11.3 Å². The van der Waals surface area contributed by atoms with Crippen LogP contribution in [-0.2, 0) is 0 Å². The maximum atomic E-state index is 12.3. The SMILES string of the molecule is CCNC(=O)n1nc(-c2cc(NC(=O)c3ccco3)ccc2O)cc1C1CC1. The number of phenols is 1. The van der Waals surface area contributed by atoms with Crippen LogP contribution in [0.4, 0.5) is 10.5 Å². The summed E-state index contributed by atoms with van der Waals surface area (Å²) in [6.07, 6.45) is 3.44. The molecule has 4 rings (SSSR count). The van der Waals surface area contributed by atoms with Gasteiger partial charge in [0.15, 0.2) is 5.76 Å². The predicted molar refractivity (Wildman–Crippen MR) is 102 cm³/mol. The smallest absolute Gasteiger partial charge is 0.342 e. The molecule has 1 fully saturated rings. The second kappa shape index (κ2) is 7.22. The highest BCUT2D eigenvalue weighted by molar-refractivity contribution is 6.02. The van der Waals surface area contributed by atoms with Gasteiger partial charge in [-0.3, -0.25) is 4.79 Å². The van der Waals surface area contributed by atoms with Crippen LogP contribution >= 0.6 is 0 Å². The van der Waals surface area contributed by atoms with E-state index in [0.29, 0.717) is 29.4 Å². The maximum Gasteiger partial charge on any atom is 0.342 e. The van der Waals surface area contributed by atoms with Crippen LogP contribution in [0.2, 0.25) is 0 Å². The number of anilines is 1. The van der Waals surface area contributed by atoms with Gasteiger partial charge in [0.25, 0.3) is 5.91 Å².